The second-order valence-corrected chi connectivity index (χ2v) is 4.24. The number of rotatable bonds is 5. The Labute approximate surface area is 116 Å². The van der Waals surface area contributed by atoms with Crippen LogP contribution in [0.4, 0.5) is 5.69 Å². The van der Waals surface area contributed by atoms with Crippen LogP contribution in [-0.2, 0) is 6.54 Å². The number of hydrogen-bond donors (Lipinski definition) is 3. The lowest BCUT2D eigenvalue weighted by molar-refractivity contribution is 0.0697. The van der Waals surface area contributed by atoms with E-state index in [1.54, 1.807) is 24.3 Å². The molecular weight excluding hydrogens is 258 g/mol. The van der Waals surface area contributed by atoms with Crippen molar-refractivity contribution in [3.63, 3.8) is 0 Å². The van der Waals surface area contributed by atoms with Gasteiger partial charge in [0.1, 0.15) is 0 Å². The minimum Gasteiger partial charge on any atom is -0.504 e. The fraction of sp³-hybridized carbons (Fsp3) is 0.133. The van der Waals surface area contributed by atoms with Gasteiger partial charge in [0.15, 0.2) is 11.5 Å². The van der Waals surface area contributed by atoms with E-state index < -0.39 is 5.97 Å². The molecule has 0 bridgehead atoms. The molecule has 0 atom stereocenters. The maximum absolute atomic E-state index is 10.7. The molecule has 0 aliphatic rings. The third-order valence-electron chi connectivity index (χ3n) is 2.87. The molecule has 0 saturated heterocycles. The van der Waals surface area contributed by atoms with Crippen molar-refractivity contribution in [1.82, 2.24) is 0 Å². The molecule has 5 nitrogen and oxygen atoms in total. The van der Waals surface area contributed by atoms with E-state index in [1.807, 2.05) is 6.07 Å². The van der Waals surface area contributed by atoms with E-state index in [9.17, 15) is 9.90 Å². The lowest BCUT2D eigenvalue weighted by Gasteiger charge is -2.09. The Balaban J connectivity index is 2.01. The highest BCUT2D eigenvalue weighted by Gasteiger charge is 2.04. The van der Waals surface area contributed by atoms with Crippen LogP contribution >= 0.6 is 0 Å². The first-order chi connectivity index (χ1) is 9.60. The van der Waals surface area contributed by atoms with Gasteiger partial charge in [0.05, 0.1) is 12.7 Å². The minimum atomic E-state index is -0.948. The molecule has 0 amide bonds. The van der Waals surface area contributed by atoms with Crippen molar-refractivity contribution in [2.24, 2.45) is 0 Å². The number of methoxy groups -OCH3 is 1. The molecule has 2 aromatic carbocycles. The first kappa shape index (κ1) is 13.7. The molecule has 0 spiro atoms. The fourth-order valence-electron chi connectivity index (χ4n) is 1.78. The first-order valence-corrected chi connectivity index (χ1v) is 6.03. The third-order valence-corrected chi connectivity index (χ3v) is 2.87. The summed E-state index contributed by atoms with van der Waals surface area (Å²) in [6, 6.07) is 11.6. The molecule has 2 rings (SSSR count). The van der Waals surface area contributed by atoms with Crippen molar-refractivity contribution < 1.29 is 19.7 Å². The topological polar surface area (TPSA) is 78.8 Å². The van der Waals surface area contributed by atoms with Gasteiger partial charge in [-0.3, -0.25) is 0 Å². The molecule has 104 valence electrons. The van der Waals surface area contributed by atoms with Crippen LogP contribution in [0.1, 0.15) is 15.9 Å². The van der Waals surface area contributed by atoms with Crippen molar-refractivity contribution in [2.45, 2.75) is 6.54 Å². The number of phenolic OH excluding ortho intramolecular Hbond substituents is 1. The maximum Gasteiger partial charge on any atom is 0.335 e. The second kappa shape index (κ2) is 5.97. The van der Waals surface area contributed by atoms with E-state index in [4.69, 9.17) is 9.84 Å². The van der Waals surface area contributed by atoms with E-state index in [-0.39, 0.29) is 11.3 Å². The number of aromatic carboxylic acids is 1. The van der Waals surface area contributed by atoms with Crippen molar-refractivity contribution >= 4 is 11.7 Å². The summed E-state index contributed by atoms with van der Waals surface area (Å²) in [5.74, 6) is -0.427. The highest BCUT2D eigenvalue weighted by molar-refractivity contribution is 5.87. The maximum atomic E-state index is 10.7. The smallest absolute Gasteiger partial charge is 0.335 e. The highest BCUT2D eigenvalue weighted by atomic mass is 16.5. The summed E-state index contributed by atoms with van der Waals surface area (Å²) in [7, 11) is 1.50. The van der Waals surface area contributed by atoms with E-state index in [1.165, 1.54) is 19.2 Å². The van der Waals surface area contributed by atoms with E-state index in [2.05, 4.69) is 5.32 Å². The van der Waals surface area contributed by atoms with Crippen LogP contribution in [0, 0.1) is 0 Å². The molecule has 5 heteroatoms. The van der Waals surface area contributed by atoms with Crippen LogP contribution < -0.4 is 10.1 Å². The number of anilines is 1. The van der Waals surface area contributed by atoms with Crippen LogP contribution in [0.3, 0.4) is 0 Å². The van der Waals surface area contributed by atoms with Gasteiger partial charge in [-0.2, -0.15) is 0 Å². The Hall–Kier alpha value is -2.69. The van der Waals surface area contributed by atoms with E-state index in [0.29, 0.717) is 12.3 Å². The summed E-state index contributed by atoms with van der Waals surface area (Å²) in [6.07, 6.45) is 0. The quantitative estimate of drug-likeness (QED) is 0.780. The molecule has 0 fully saturated rings. The van der Waals surface area contributed by atoms with Crippen LogP contribution in [-0.4, -0.2) is 23.3 Å². The highest BCUT2D eigenvalue weighted by Crippen LogP contribution is 2.26. The molecular formula is C15H15NO4. The molecule has 0 radical (unpaired) electrons. The zero-order chi connectivity index (χ0) is 14.5. The number of ether oxygens (including phenoxy) is 1. The number of hydrogen-bond acceptors (Lipinski definition) is 4. The summed E-state index contributed by atoms with van der Waals surface area (Å²) in [4.78, 5) is 10.7. The van der Waals surface area contributed by atoms with Gasteiger partial charge in [0.2, 0.25) is 0 Å². The van der Waals surface area contributed by atoms with Gasteiger partial charge < -0.3 is 20.3 Å². The first-order valence-electron chi connectivity index (χ1n) is 6.03. The van der Waals surface area contributed by atoms with Crippen molar-refractivity contribution in [1.29, 1.82) is 0 Å². The Morgan fingerprint density at radius 2 is 1.90 bits per heavy atom. The lowest BCUT2D eigenvalue weighted by Crippen LogP contribution is -2.01. The zero-order valence-corrected chi connectivity index (χ0v) is 11.0. The van der Waals surface area contributed by atoms with Crippen LogP contribution in [0.15, 0.2) is 42.5 Å². The zero-order valence-electron chi connectivity index (χ0n) is 11.0. The molecule has 0 aliphatic carbocycles. The molecule has 2 aromatic rings. The van der Waals surface area contributed by atoms with Gasteiger partial charge in [0, 0.05) is 12.2 Å². The largest absolute Gasteiger partial charge is 0.504 e. The van der Waals surface area contributed by atoms with Crippen LogP contribution in [0.25, 0.3) is 0 Å². The third kappa shape index (κ3) is 3.20. The molecule has 0 unspecified atom stereocenters. The molecule has 0 saturated carbocycles. The lowest BCUT2D eigenvalue weighted by atomic mass is 10.2. The van der Waals surface area contributed by atoms with Crippen LogP contribution in [0.2, 0.25) is 0 Å². The van der Waals surface area contributed by atoms with Crippen molar-refractivity contribution in [3.05, 3.63) is 53.6 Å². The van der Waals surface area contributed by atoms with Crippen molar-refractivity contribution in [3.8, 4) is 11.5 Å². The van der Waals surface area contributed by atoms with Gasteiger partial charge in [0.25, 0.3) is 0 Å². The SMILES string of the molecule is COc1ccc(CNc2ccc(C(=O)O)cc2)cc1O. The number of carboxylic acids is 1. The van der Waals surface area contributed by atoms with Gasteiger partial charge in [-0.25, -0.2) is 4.79 Å². The molecule has 0 aromatic heterocycles. The number of carbonyl (C=O) groups is 1. The van der Waals surface area contributed by atoms with Crippen LogP contribution in [0.5, 0.6) is 11.5 Å². The predicted molar refractivity (Wildman–Crippen MR) is 75.4 cm³/mol. The Bertz CT molecular complexity index is 608. The summed E-state index contributed by atoms with van der Waals surface area (Å²) in [6.45, 7) is 0.518. The van der Waals surface area contributed by atoms with Gasteiger partial charge in [-0.15, -0.1) is 0 Å². The summed E-state index contributed by atoms with van der Waals surface area (Å²) in [5, 5.41) is 21.6. The van der Waals surface area contributed by atoms with Gasteiger partial charge in [-0.1, -0.05) is 6.07 Å². The summed E-state index contributed by atoms with van der Waals surface area (Å²) < 4.78 is 4.97. The number of nitrogens with one attached hydrogen (secondary N) is 1. The normalized spacial score (nSPS) is 10.1. The average Bonchev–Trinajstić information content (AvgIpc) is 2.45. The second-order valence-electron chi connectivity index (χ2n) is 4.24. The van der Waals surface area contributed by atoms with Gasteiger partial charge in [-0.05, 0) is 42.0 Å². The number of benzene rings is 2. The summed E-state index contributed by atoms with van der Waals surface area (Å²) >= 11 is 0. The number of carboxylic acid groups (broad SMARTS) is 1. The predicted octanol–water partition coefficient (Wildman–Crippen LogP) is 2.71. The van der Waals surface area contributed by atoms with E-state index >= 15 is 0 Å². The Morgan fingerprint density at radius 3 is 2.45 bits per heavy atom. The Morgan fingerprint density at radius 1 is 1.20 bits per heavy atom. The fourth-order valence-corrected chi connectivity index (χ4v) is 1.78. The molecule has 20 heavy (non-hydrogen) atoms. The summed E-state index contributed by atoms with van der Waals surface area (Å²) in [5.41, 5.74) is 1.95. The Kier molecular flexibility index (Phi) is 4.10. The number of aromatic hydroxyl groups is 1. The average molecular weight is 273 g/mol. The molecule has 0 aliphatic heterocycles. The van der Waals surface area contributed by atoms with Crippen molar-refractivity contribution in [2.75, 3.05) is 12.4 Å². The minimum absolute atomic E-state index is 0.0908. The molecule has 0 heterocycles. The van der Waals surface area contributed by atoms with E-state index in [0.717, 1.165) is 11.3 Å². The standard InChI is InChI=1S/C15H15NO4/c1-20-14-7-2-10(8-13(14)17)9-16-12-5-3-11(4-6-12)15(18)19/h2-8,16-17H,9H2,1H3,(H,18,19). The monoisotopic (exact) mass is 273 g/mol. The molecule has 3 N–H and O–H groups in total. The number of phenols is 1. The van der Waals surface area contributed by atoms with Gasteiger partial charge >= 0.3 is 5.97 Å².